The molecule has 1 aromatic heterocycles. The summed E-state index contributed by atoms with van der Waals surface area (Å²) in [5, 5.41) is 28.9. The fourth-order valence-electron chi connectivity index (χ4n) is 8.22. The second-order valence-corrected chi connectivity index (χ2v) is 14.1. The van der Waals surface area contributed by atoms with Crippen molar-refractivity contribution in [3.8, 4) is 22.8 Å². The lowest BCUT2D eigenvalue weighted by Crippen LogP contribution is -2.45. The molecule has 1 aromatic carbocycles. The number of halogens is 2. The van der Waals surface area contributed by atoms with E-state index in [1.165, 1.54) is 19.3 Å². The van der Waals surface area contributed by atoms with Gasteiger partial charge in [-0.05, 0) is 83.2 Å². The first-order valence-electron chi connectivity index (χ1n) is 17.4. The number of carbonyl (C=O) groups is 1. The van der Waals surface area contributed by atoms with Crippen LogP contribution in [0.1, 0.15) is 96.1 Å². The molecule has 4 aliphatic heterocycles. The Morgan fingerprint density at radius 3 is 2.17 bits per heavy atom. The number of fused-ring (bicyclic) bond motifs is 4. The van der Waals surface area contributed by atoms with E-state index >= 15 is 0 Å². The van der Waals surface area contributed by atoms with Crippen LogP contribution in [0.25, 0.3) is 11.1 Å². The van der Waals surface area contributed by atoms with E-state index in [1.54, 1.807) is 0 Å². The second-order valence-electron chi connectivity index (χ2n) is 14.1. The summed E-state index contributed by atoms with van der Waals surface area (Å²) in [7, 11) is 4.11. The smallest absolute Gasteiger partial charge is 0.234 e. The Morgan fingerprint density at radius 1 is 0.809 bits per heavy atom. The lowest BCUT2D eigenvalue weighted by atomic mass is 9.97. The molecule has 2 N–H and O–H groups in total. The molecule has 0 spiro atoms. The summed E-state index contributed by atoms with van der Waals surface area (Å²) >= 11 is 0. The summed E-state index contributed by atoms with van der Waals surface area (Å²) in [5.41, 5.74) is 3.24. The molecular weight excluding hydrogens is 639 g/mol. The molecule has 1 saturated carbocycles. The van der Waals surface area contributed by atoms with Gasteiger partial charge in [-0.2, -0.15) is 5.10 Å². The van der Waals surface area contributed by atoms with E-state index in [-0.39, 0.29) is 55.2 Å². The summed E-state index contributed by atoms with van der Waals surface area (Å²) < 4.78 is 12.6. The lowest BCUT2D eigenvalue weighted by molar-refractivity contribution is -0.123. The van der Waals surface area contributed by atoms with Crippen LogP contribution < -0.4 is 9.47 Å². The molecule has 1 aliphatic carbocycles. The normalized spacial score (nSPS) is 30.5. The second kappa shape index (κ2) is 17.1. The third-order valence-corrected chi connectivity index (χ3v) is 11.0. The summed E-state index contributed by atoms with van der Waals surface area (Å²) in [6.07, 6.45) is 13.8. The lowest BCUT2D eigenvalue weighted by Gasteiger charge is -2.36. The van der Waals surface area contributed by atoms with Crippen molar-refractivity contribution < 1.29 is 24.5 Å². The van der Waals surface area contributed by atoms with Crippen molar-refractivity contribution in [2.24, 2.45) is 0 Å². The fraction of sp³-hybridized carbons (Fsp3) is 0.694. The minimum Gasteiger partial charge on any atom is -0.490 e. The Hall–Kier alpha value is -2.01. The van der Waals surface area contributed by atoms with Gasteiger partial charge >= 0.3 is 0 Å². The molecule has 11 heteroatoms. The highest BCUT2D eigenvalue weighted by Crippen LogP contribution is 2.37. The van der Waals surface area contributed by atoms with Crippen LogP contribution in [-0.2, 0) is 11.2 Å². The Bertz CT molecular complexity index is 1300. The summed E-state index contributed by atoms with van der Waals surface area (Å²) in [6, 6.07) is 11.5. The van der Waals surface area contributed by atoms with E-state index in [0.29, 0.717) is 42.7 Å². The Balaban J connectivity index is 0.000000326. The van der Waals surface area contributed by atoms with Crippen LogP contribution in [0.5, 0.6) is 11.6 Å². The minimum atomic E-state index is -0.267. The van der Waals surface area contributed by atoms with Gasteiger partial charge in [0.25, 0.3) is 0 Å². The van der Waals surface area contributed by atoms with Gasteiger partial charge in [0.2, 0.25) is 5.88 Å². The van der Waals surface area contributed by atoms with Crippen LogP contribution in [0, 0.1) is 0 Å². The minimum absolute atomic E-state index is 0. The monoisotopic (exact) mass is 692 g/mol. The zero-order chi connectivity index (χ0) is 31.5. The first-order chi connectivity index (χ1) is 21.8. The Labute approximate surface area is 292 Å². The van der Waals surface area contributed by atoms with Crippen molar-refractivity contribution in [2.45, 2.75) is 145 Å². The highest BCUT2D eigenvalue weighted by molar-refractivity contribution is 5.85. The van der Waals surface area contributed by atoms with Gasteiger partial charge < -0.3 is 19.7 Å². The number of aryl methyl sites for hydroxylation is 1. The number of piperidine rings is 2. The van der Waals surface area contributed by atoms with Gasteiger partial charge in [0.05, 0.1) is 24.0 Å². The molecule has 5 aliphatic rings. The molecule has 7 rings (SSSR count). The number of aromatic nitrogens is 2. The van der Waals surface area contributed by atoms with Gasteiger partial charge in [-0.3, -0.25) is 14.6 Å². The Morgan fingerprint density at radius 2 is 1.49 bits per heavy atom. The van der Waals surface area contributed by atoms with Crippen LogP contribution in [0.4, 0.5) is 0 Å². The van der Waals surface area contributed by atoms with Crippen molar-refractivity contribution >= 4 is 30.6 Å². The number of hydrogen-bond donors (Lipinski definition) is 2. The van der Waals surface area contributed by atoms with E-state index < -0.39 is 0 Å². The van der Waals surface area contributed by atoms with Gasteiger partial charge in [-0.15, -0.1) is 29.9 Å². The molecule has 262 valence electrons. The van der Waals surface area contributed by atoms with Crippen LogP contribution >= 0.6 is 24.8 Å². The topological polar surface area (TPSA) is 108 Å². The highest BCUT2D eigenvalue weighted by Gasteiger charge is 2.45. The molecule has 5 fully saturated rings. The molecule has 4 unspecified atom stereocenters. The van der Waals surface area contributed by atoms with Crippen molar-refractivity contribution in [2.75, 3.05) is 14.1 Å². The highest BCUT2D eigenvalue weighted by atomic mass is 35.5. The predicted octanol–water partition coefficient (Wildman–Crippen LogP) is 5.80. The first-order valence-corrected chi connectivity index (χ1v) is 17.4. The molecule has 47 heavy (non-hydrogen) atoms. The summed E-state index contributed by atoms with van der Waals surface area (Å²) in [6.45, 7) is 2.20. The van der Waals surface area contributed by atoms with E-state index in [4.69, 9.17) is 9.47 Å². The number of benzene rings is 1. The van der Waals surface area contributed by atoms with Gasteiger partial charge in [-0.1, -0.05) is 31.9 Å². The van der Waals surface area contributed by atoms with Crippen LogP contribution in [0.15, 0.2) is 30.3 Å². The number of carbonyl (C=O) groups excluding carboxylic acids is 1. The summed E-state index contributed by atoms with van der Waals surface area (Å²) in [5.74, 6) is 1.85. The quantitative estimate of drug-likeness (QED) is 0.355. The third-order valence-electron chi connectivity index (χ3n) is 11.0. The molecule has 4 bridgehead atoms. The third kappa shape index (κ3) is 8.97. The molecule has 2 aromatic rings. The van der Waals surface area contributed by atoms with Crippen molar-refractivity contribution in [3.05, 3.63) is 36.0 Å². The SMILES string of the molecule is CCCCc1nnc(O[C@H]2CC3C[C@@H](O)C(C2)N3C)cc1-c1ccc(OC2CCCCC2)cc1.CN1C2CC(=O)C[C@H]1CC2O.Cl.Cl. The number of Topliss-reactive ketones (excluding diaryl/α,β-unsaturated/α-hetero) is 1. The Kier molecular flexibility index (Phi) is 13.7. The number of unbranched alkanes of at least 4 members (excludes halogenated alkanes) is 1. The fourth-order valence-corrected chi connectivity index (χ4v) is 8.22. The number of aliphatic hydroxyl groups is 2. The molecule has 9 nitrogen and oxygen atoms in total. The average molecular weight is 694 g/mol. The van der Waals surface area contributed by atoms with Crippen molar-refractivity contribution in [1.82, 2.24) is 20.0 Å². The van der Waals surface area contributed by atoms with Crippen LogP contribution in [-0.4, -0.2) is 98.7 Å². The molecule has 7 atom stereocenters. The largest absolute Gasteiger partial charge is 0.490 e. The van der Waals surface area contributed by atoms with E-state index in [1.807, 2.05) is 7.05 Å². The maximum Gasteiger partial charge on any atom is 0.234 e. The van der Waals surface area contributed by atoms with Crippen molar-refractivity contribution in [1.29, 1.82) is 0 Å². The number of ether oxygens (including phenoxy) is 2. The van der Waals surface area contributed by atoms with E-state index in [0.717, 1.165) is 80.4 Å². The number of nitrogens with zero attached hydrogens (tertiary/aromatic N) is 4. The molecule has 4 saturated heterocycles. The zero-order valence-corrected chi connectivity index (χ0v) is 29.8. The van der Waals surface area contributed by atoms with E-state index in [9.17, 15) is 15.0 Å². The number of likely N-dealkylation sites (N-methyl/N-ethyl adjacent to an activating group) is 2. The number of ketones is 1. The number of hydrogen-bond acceptors (Lipinski definition) is 9. The predicted molar refractivity (Wildman–Crippen MR) is 188 cm³/mol. The maximum atomic E-state index is 11.1. The van der Waals surface area contributed by atoms with Gasteiger partial charge in [0, 0.05) is 61.5 Å². The standard InChI is InChI=1S/C28H39N3O3.C8H13NO2.2ClH/c1-3-4-10-25-24(19-11-13-22(14-12-19)33-21-8-6-5-7-9-21)18-28(30-29-25)34-23-15-20-16-27(32)26(17-23)31(20)2;1-9-5-2-6(10)4-7(9)8(11)3-5;;/h11-14,18,20-21,23,26-27,32H,3-10,15-17H2,1-2H3;5,7-8,11H,2-4H2,1H3;2*1H/t20?,23-,26?,27+;5-,7?,8?;;/m00../s1. The van der Waals surface area contributed by atoms with Crippen molar-refractivity contribution in [3.63, 3.8) is 0 Å². The van der Waals surface area contributed by atoms with Gasteiger partial charge in [0.15, 0.2) is 0 Å². The maximum absolute atomic E-state index is 11.1. The number of aliphatic hydroxyl groups excluding tert-OH is 2. The van der Waals surface area contributed by atoms with Gasteiger partial charge in [0.1, 0.15) is 17.6 Å². The van der Waals surface area contributed by atoms with Crippen LogP contribution in [0.2, 0.25) is 0 Å². The first kappa shape index (κ1) is 37.8. The zero-order valence-electron chi connectivity index (χ0n) is 28.1. The molecule has 0 radical (unpaired) electrons. The van der Waals surface area contributed by atoms with Crippen LogP contribution in [0.3, 0.4) is 0 Å². The van der Waals surface area contributed by atoms with Gasteiger partial charge in [-0.25, -0.2) is 0 Å². The molecular formula is C36H54Cl2N4O5. The molecule has 5 heterocycles. The average Bonchev–Trinajstić information content (AvgIpc) is 3.28. The summed E-state index contributed by atoms with van der Waals surface area (Å²) in [4.78, 5) is 15.5. The number of rotatable bonds is 8. The van der Waals surface area contributed by atoms with E-state index in [2.05, 4.69) is 64.3 Å². The molecule has 0 amide bonds.